The van der Waals surface area contributed by atoms with Crippen molar-refractivity contribution in [2.45, 2.75) is 6.54 Å². The minimum Gasteiger partial charge on any atom is -0.507 e. The lowest BCUT2D eigenvalue weighted by Gasteiger charge is -2.33. The number of piperazine rings is 1. The molecule has 3 rings (SSSR count). The summed E-state index contributed by atoms with van der Waals surface area (Å²) in [6.45, 7) is 4.14. The van der Waals surface area contributed by atoms with Crippen LogP contribution in [-0.4, -0.2) is 36.2 Å². The van der Waals surface area contributed by atoms with Crippen molar-refractivity contribution >= 4 is 23.0 Å². The lowest BCUT2D eigenvalue weighted by Crippen LogP contribution is -3.13. The third kappa shape index (κ3) is 3.77. The van der Waals surface area contributed by atoms with Crippen molar-refractivity contribution < 1.29 is 14.9 Å². The molecular weight excluding hydrogens is 330 g/mol. The summed E-state index contributed by atoms with van der Waals surface area (Å²) in [4.78, 5) is 14.0. The zero-order valence-electron chi connectivity index (χ0n) is 13.1. The molecule has 0 spiro atoms. The van der Waals surface area contributed by atoms with Crippen LogP contribution in [0.2, 0.25) is 5.02 Å². The van der Waals surface area contributed by atoms with Crippen LogP contribution in [0.1, 0.15) is 5.56 Å². The molecule has 24 heavy (non-hydrogen) atoms. The molecule has 0 radical (unpaired) electrons. The van der Waals surface area contributed by atoms with Gasteiger partial charge in [0.2, 0.25) is 0 Å². The third-order valence-corrected chi connectivity index (χ3v) is 4.59. The molecule has 2 N–H and O–H groups in total. The largest absolute Gasteiger partial charge is 0.507 e. The summed E-state index contributed by atoms with van der Waals surface area (Å²) >= 11 is 6.04. The molecule has 1 aliphatic rings. The summed E-state index contributed by atoms with van der Waals surface area (Å²) in [5.74, 6) is 0.116. The highest BCUT2D eigenvalue weighted by Crippen LogP contribution is 2.22. The zero-order chi connectivity index (χ0) is 17.1. The maximum atomic E-state index is 10.9. The van der Waals surface area contributed by atoms with E-state index in [4.69, 9.17) is 11.6 Å². The van der Waals surface area contributed by atoms with Crippen LogP contribution in [0, 0.1) is 10.1 Å². The molecule has 1 aliphatic heterocycles. The quantitative estimate of drug-likeness (QED) is 0.653. The molecule has 0 saturated carbocycles. The summed E-state index contributed by atoms with van der Waals surface area (Å²) in [6.07, 6.45) is 0. The Balaban J connectivity index is 1.63. The smallest absolute Gasteiger partial charge is 0.270 e. The van der Waals surface area contributed by atoms with Gasteiger partial charge in [0.15, 0.2) is 0 Å². The molecule has 1 saturated heterocycles. The molecular formula is C17H19ClN3O3+. The molecule has 1 heterocycles. The van der Waals surface area contributed by atoms with Crippen LogP contribution in [-0.2, 0) is 6.54 Å². The van der Waals surface area contributed by atoms with Gasteiger partial charge in [-0.05, 0) is 24.3 Å². The van der Waals surface area contributed by atoms with E-state index in [0.29, 0.717) is 12.1 Å². The molecule has 0 atom stereocenters. The van der Waals surface area contributed by atoms with Crippen LogP contribution in [0.4, 0.5) is 11.4 Å². The van der Waals surface area contributed by atoms with E-state index in [0.717, 1.165) is 36.9 Å². The first kappa shape index (κ1) is 16.5. The Bertz CT molecular complexity index is 746. The van der Waals surface area contributed by atoms with E-state index in [1.165, 1.54) is 23.1 Å². The highest BCUT2D eigenvalue weighted by Gasteiger charge is 2.22. The van der Waals surface area contributed by atoms with Crippen molar-refractivity contribution in [2.75, 3.05) is 31.1 Å². The maximum Gasteiger partial charge on any atom is 0.270 e. The predicted molar refractivity (Wildman–Crippen MR) is 92.8 cm³/mol. The molecule has 2 aromatic carbocycles. The Morgan fingerprint density at radius 3 is 2.62 bits per heavy atom. The number of nitrogens with one attached hydrogen (secondary N) is 1. The van der Waals surface area contributed by atoms with Gasteiger partial charge in [0, 0.05) is 22.8 Å². The molecule has 0 unspecified atom stereocenters. The lowest BCUT2D eigenvalue weighted by molar-refractivity contribution is -0.914. The fraction of sp³-hybridized carbons (Fsp3) is 0.294. The molecule has 0 aliphatic carbocycles. The van der Waals surface area contributed by atoms with Gasteiger partial charge in [-0.2, -0.15) is 0 Å². The fourth-order valence-electron chi connectivity index (χ4n) is 3.03. The number of benzene rings is 2. The normalized spacial score (nSPS) is 15.5. The van der Waals surface area contributed by atoms with Crippen molar-refractivity contribution in [3.8, 4) is 5.75 Å². The lowest BCUT2D eigenvalue weighted by atomic mass is 10.1. The van der Waals surface area contributed by atoms with Crippen molar-refractivity contribution in [1.29, 1.82) is 0 Å². The monoisotopic (exact) mass is 348 g/mol. The van der Waals surface area contributed by atoms with Gasteiger partial charge in [0.25, 0.3) is 5.69 Å². The number of phenols is 1. The number of rotatable bonds is 4. The maximum absolute atomic E-state index is 10.9. The van der Waals surface area contributed by atoms with Crippen molar-refractivity contribution in [3.05, 3.63) is 63.2 Å². The van der Waals surface area contributed by atoms with Crippen molar-refractivity contribution in [3.63, 3.8) is 0 Å². The topological polar surface area (TPSA) is 71.0 Å². The van der Waals surface area contributed by atoms with Gasteiger partial charge in [0.1, 0.15) is 12.3 Å². The minimum absolute atomic E-state index is 0.0137. The predicted octanol–water partition coefficient (Wildman–Crippen LogP) is 1.86. The van der Waals surface area contributed by atoms with E-state index in [2.05, 4.69) is 4.90 Å². The number of nitro benzene ring substituents is 1. The number of hydrogen-bond donors (Lipinski definition) is 2. The van der Waals surface area contributed by atoms with Crippen LogP contribution >= 0.6 is 11.6 Å². The average molecular weight is 349 g/mol. The molecule has 1 fully saturated rings. The highest BCUT2D eigenvalue weighted by atomic mass is 35.5. The second-order valence-electron chi connectivity index (χ2n) is 5.96. The van der Waals surface area contributed by atoms with E-state index in [1.807, 2.05) is 24.3 Å². The van der Waals surface area contributed by atoms with Crippen LogP contribution in [0.25, 0.3) is 0 Å². The number of phenolic OH excluding ortho intramolecular Hbond substituents is 1. The number of non-ortho nitro benzene ring substituents is 1. The molecule has 0 amide bonds. The number of nitrogens with zero attached hydrogens (tertiary/aromatic N) is 2. The standard InChI is InChI=1S/C17H18ClN3O3/c18-14-2-1-3-15(11-14)20-8-6-19(7-9-20)12-13-10-16(21(23)24)4-5-17(13)22/h1-5,10-11,22H,6-9,12H2/p+1. The Morgan fingerprint density at radius 2 is 1.96 bits per heavy atom. The summed E-state index contributed by atoms with van der Waals surface area (Å²) in [5.41, 5.74) is 1.75. The number of quaternary nitrogens is 1. The van der Waals surface area contributed by atoms with Gasteiger partial charge in [0.05, 0.1) is 36.7 Å². The summed E-state index contributed by atoms with van der Waals surface area (Å²) < 4.78 is 0. The number of halogens is 1. The number of anilines is 1. The van der Waals surface area contributed by atoms with Crippen LogP contribution in [0.15, 0.2) is 42.5 Å². The molecule has 6 nitrogen and oxygen atoms in total. The molecule has 0 bridgehead atoms. The summed E-state index contributed by atoms with van der Waals surface area (Å²) in [5, 5.41) is 21.6. The van der Waals surface area contributed by atoms with Crippen molar-refractivity contribution in [2.24, 2.45) is 0 Å². The minimum atomic E-state index is -0.435. The number of hydrogen-bond acceptors (Lipinski definition) is 4. The van der Waals surface area contributed by atoms with Gasteiger partial charge in [-0.25, -0.2) is 0 Å². The zero-order valence-corrected chi connectivity index (χ0v) is 13.9. The summed E-state index contributed by atoms with van der Waals surface area (Å²) in [6, 6.07) is 12.0. The number of aromatic hydroxyl groups is 1. The Labute approximate surface area is 145 Å². The van der Waals surface area contributed by atoms with Crippen LogP contribution in [0.5, 0.6) is 5.75 Å². The molecule has 2 aromatic rings. The summed E-state index contributed by atoms with van der Waals surface area (Å²) in [7, 11) is 0. The second-order valence-corrected chi connectivity index (χ2v) is 6.40. The average Bonchev–Trinajstić information content (AvgIpc) is 2.57. The fourth-order valence-corrected chi connectivity index (χ4v) is 3.21. The van der Waals surface area contributed by atoms with E-state index in [-0.39, 0.29) is 11.4 Å². The Morgan fingerprint density at radius 1 is 1.21 bits per heavy atom. The Kier molecular flexibility index (Phi) is 4.87. The van der Waals surface area contributed by atoms with Gasteiger partial charge in [-0.3, -0.25) is 10.1 Å². The Hall–Kier alpha value is -2.31. The van der Waals surface area contributed by atoms with E-state index < -0.39 is 4.92 Å². The number of nitro groups is 1. The van der Waals surface area contributed by atoms with Crippen LogP contribution < -0.4 is 9.80 Å². The molecule has 126 valence electrons. The second kappa shape index (κ2) is 7.07. The molecule has 7 heteroatoms. The first-order chi connectivity index (χ1) is 11.5. The van der Waals surface area contributed by atoms with E-state index in [1.54, 1.807) is 0 Å². The van der Waals surface area contributed by atoms with E-state index in [9.17, 15) is 15.2 Å². The first-order valence-electron chi connectivity index (χ1n) is 7.83. The first-order valence-corrected chi connectivity index (χ1v) is 8.21. The third-order valence-electron chi connectivity index (χ3n) is 4.36. The van der Waals surface area contributed by atoms with Crippen LogP contribution in [0.3, 0.4) is 0 Å². The highest BCUT2D eigenvalue weighted by molar-refractivity contribution is 6.30. The van der Waals surface area contributed by atoms with Gasteiger partial charge >= 0.3 is 0 Å². The van der Waals surface area contributed by atoms with Crippen molar-refractivity contribution in [1.82, 2.24) is 0 Å². The van der Waals surface area contributed by atoms with Gasteiger partial charge in [-0.15, -0.1) is 0 Å². The van der Waals surface area contributed by atoms with Gasteiger partial charge < -0.3 is 14.9 Å². The van der Waals surface area contributed by atoms with Gasteiger partial charge in [-0.1, -0.05) is 17.7 Å². The van der Waals surface area contributed by atoms with E-state index >= 15 is 0 Å². The molecule has 0 aromatic heterocycles. The SMILES string of the molecule is O=[N+]([O-])c1ccc(O)c(C[NH+]2CCN(c3cccc(Cl)c3)CC2)c1.